The fourth-order valence-electron chi connectivity index (χ4n) is 0.757. The molecule has 0 saturated carbocycles. The van der Waals surface area contributed by atoms with Crippen LogP contribution in [-0.4, -0.2) is 11.9 Å². The minimum atomic E-state index is -1.30. The highest BCUT2D eigenvalue weighted by Gasteiger charge is 2.43. The Morgan fingerprint density at radius 1 is 1.38 bits per heavy atom. The van der Waals surface area contributed by atoms with E-state index in [0.29, 0.717) is 0 Å². The van der Waals surface area contributed by atoms with Crippen LogP contribution in [0.25, 0.3) is 0 Å². The normalized spacial score (nSPS) is 28.8. The highest BCUT2D eigenvalue weighted by Crippen LogP contribution is 2.31. The topological polar surface area (TPSA) is 61.8 Å². The van der Waals surface area contributed by atoms with Crippen LogP contribution in [0.15, 0.2) is 24.8 Å². The van der Waals surface area contributed by atoms with Crippen molar-refractivity contribution in [2.45, 2.75) is 6.92 Å². The van der Waals surface area contributed by atoms with E-state index >= 15 is 0 Å². The summed E-state index contributed by atoms with van der Waals surface area (Å²) >= 11 is 0. The van der Waals surface area contributed by atoms with Crippen molar-refractivity contribution in [2.75, 3.05) is 0 Å². The first-order valence-electron chi connectivity index (χ1n) is 3.45. The molecule has 0 N–H and O–H groups in total. The molecule has 0 aromatic carbocycles. The molecule has 1 unspecified atom stereocenters. The monoisotopic (exact) mass is 184 g/mol. The second kappa shape index (κ2) is 3.02. The van der Waals surface area contributed by atoms with Gasteiger partial charge < -0.3 is 0 Å². The van der Waals surface area contributed by atoms with Gasteiger partial charge in [-0.25, -0.2) is 9.59 Å². The summed E-state index contributed by atoms with van der Waals surface area (Å²) < 4.78 is 0. The van der Waals surface area contributed by atoms with Crippen molar-refractivity contribution in [1.82, 2.24) is 0 Å². The predicted octanol–water partition coefficient (Wildman–Crippen LogP) is 0.681. The molecule has 0 bridgehead atoms. The highest BCUT2D eigenvalue weighted by atomic mass is 17.5. The second-order valence-electron chi connectivity index (χ2n) is 2.69. The van der Waals surface area contributed by atoms with Crippen molar-refractivity contribution >= 4 is 11.9 Å². The number of carbonyl (C=O) groups is 2. The average molecular weight is 184 g/mol. The van der Waals surface area contributed by atoms with Crippen LogP contribution in [0.5, 0.6) is 0 Å². The summed E-state index contributed by atoms with van der Waals surface area (Å²) in [5.41, 5.74) is -1.38. The summed E-state index contributed by atoms with van der Waals surface area (Å²) in [6.07, 6.45) is 1.24. The summed E-state index contributed by atoms with van der Waals surface area (Å²) in [5.74, 6) is -1.65. The maximum absolute atomic E-state index is 11.2. The molecule has 0 amide bonds. The summed E-state index contributed by atoms with van der Waals surface area (Å²) in [4.78, 5) is 30.4. The Balaban J connectivity index is 3.12. The number of carbonyl (C=O) groups excluding carboxylic acids is 2. The lowest BCUT2D eigenvalue weighted by Gasteiger charge is -2.17. The van der Waals surface area contributed by atoms with Gasteiger partial charge in [-0.1, -0.05) is 12.7 Å². The summed E-state index contributed by atoms with van der Waals surface area (Å²) in [7, 11) is 0. The lowest BCUT2D eigenvalue weighted by Crippen LogP contribution is -2.29. The van der Waals surface area contributed by atoms with E-state index in [1.165, 1.54) is 13.0 Å². The van der Waals surface area contributed by atoms with Gasteiger partial charge in [-0.05, 0) is 6.92 Å². The molecule has 1 fully saturated rings. The van der Waals surface area contributed by atoms with Crippen molar-refractivity contribution in [1.29, 1.82) is 0 Å². The Morgan fingerprint density at radius 2 is 2.00 bits per heavy atom. The van der Waals surface area contributed by atoms with Crippen LogP contribution >= 0.6 is 0 Å². The van der Waals surface area contributed by atoms with Crippen molar-refractivity contribution in [3.63, 3.8) is 0 Å². The lowest BCUT2D eigenvalue weighted by atomic mass is 9.83. The van der Waals surface area contributed by atoms with Gasteiger partial charge in [0.05, 0.1) is 5.57 Å². The largest absolute Gasteiger partial charge is 0.374 e. The smallest absolute Gasteiger partial charge is 0.258 e. The molecule has 1 atom stereocenters. The van der Waals surface area contributed by atoms with Gasteiger partial charge >= 0.3 is 11.9 Å². The molecule has 1 aliphatic heterocycles. The van der Waals surface area contributed by atoms with Gasteiger partial charge in [0, 0.05) is 5.04 Å². The molecule has 0 aromatic heterocycles. The zero-order valence-corrected chi connectivity index (χ0v) is 7.03. The van der Waals surface area contributed by atoms with Crippen molar-refractivity contribution < 1.29 is 24.4 Å². The number of hydrogen-bond donors (Lipinski definition) is 0. The molecule has 1 saturated heterocycles. The van der Waals surface area contributed by atoms with Gasteiger partial charge in [-0.15, -0.1) is 6.58 Å². The summed E-state index contributed by atoms with van der Waals surface area (Å²) in [6, 6.07) is 0. The maximum atomic E-state index is 11.2. The number of rotatable bonds is 1. The van der Waals surface area contributed by atoms with Crippen LogP contribution in [0, 0.1) is 5.41 Å². The van der Waals surface area contributed by atoms with Gasteiger partial charge in [0.2, 0.25) is 0 Å². The molecular formula is C8H8O5. The van der Waals surface area contributed by atoms with E-state index in [-0.39, 0.29) is 5.57 Å². The average Bonchev–Trinajstić information content (AvgIpc) is 2.21. The first kappa shape index (κ1) is 9.47. The van der Waals surface area contributed by atoms with Gasteiger partial charge in [0.25, 0.3) is 0 Å². The fraction of sp³-hybridized carbons (Fsp3) is 0.250. The molecule has 1 rings (SSSR count). The predicted molar refractivity (Wildman–Crippen MR) is 40.7 cm³/mol. The zero-order valence-electron chi connectivity index (χ0n) is 7.03. The Labute approximate surface area is 74.4 Å². The molecule has 0 aliphatic carbocycles. The summed E-state index contributed by atoms with van der Waals surface area (Å²) in [5, 5.41) is 3.88. The Kier molecular flexibility index (Phi) is 2.20. The van der Waals surface area contributed by atoms with Gasteiger partial charge in [-0.2, -0.15) is 0 Å². The molecule has 0 spiro atoms. The highest BCUT2D eigenvalue weighted by molar-refractivity contribution is 5.98. The SMILES string of the molecule is C=CC1(C)C(=C)C(=O)OOOC1=O. The molecular weight excluding hydrogens is 176 g/mol. The Bertz CT molecular complexity index is 293. The van der Waals surface area contributed by atoms with Crippen molar-refractivity contribution in [2.24, 2.45) is 5.41 Å². The molecule has 5 heteroatoms. The molecule has 5 nitrogen and oxygen atoms in total. The third-order valence-electron chi connectivity index (χ3n) is 1.92. The minimum absolute atomic E-state index is 0.0787. The summed E-state index contributed by atoms with van der Waals surface area (Å²) in [6.45, 7) is 8.24. The van der Waals surface area contributed by atoms with Crippen LogP contribution in [-0.2, 0) is 24.4 Å². The maximum Gasteiger partial charge on any atom is 0.374 e. The third-order valence-corrected chi connectivity index (χ3v) is 1.92. The van der Waals surface area contributed by atoms with Crippen LogP contribution in [0.4, 0.5) is 0 Å². The number of hydrogen-bond acceptors (Lipinski definition) is 5. The van der Waals surface area contributed by atoms with Crippen molar-refractivity contribution in [3.8, 4) is 0 Å². The van der Waals surface area contributed by atoms with Crippen LogP contribution in [0.3, 0.4) is 0 Å². The quantitative estimate of drug-likeness (QED) is 0.340. The molecule has 1 heterocycles. The fourth-order valence-corrected chi connectivity index (χ4v) is 0.757. The van der Waals surface area contributed by atoms with E-state index < -0.39 is 17.4 Å². The molecule has 0 aromatic rings. The van der Waals surface area contributed by atoms with E-state index in [1.54, 1.807) is 0 Å². The first-order chi connectivity index (χ1) is 6.02. The molecule has 13 heavy (non-hydrogen) atoms. The first-order valence-corrected chi connectivity index (χ1v) is 3.45. The second-order valence-corrected chi connectivity index (χ2v) is 2.69. The van der Waals surface area contributed by atoms with Gasteiger partial charge in [0.1, 0.15) is 5.41 Å². The van der Waals surface area contributed by atoms with Gasteiger partial charge in [-0.3, -0.25) is 9.78 Å². The van der Waals surface area contributed by atoms with Gasteiger partial charge in [0.15, 0.2) is 0 Å². The van der Waals surface area contributed by atoms with E-state index in [2.05, 4.69) is 28.0 Å². The molecule has 1 aliphatic rings. The van der Waals surface area contributed by atoms with Crippen LogP contribution in [0.1, 0.15) is 6.92 Å². The Morgan fingerprint density at radius 3 is 2.54 bits per heavy atom. The van der Waals surface area contributed by atoms with E-state index in [4.69, 9.17) is 0 Å². The molecule has 0 radical (unpaired) electrons. The standard InChI is InChI=1S/C8H8O5/c1-4-8(3)5(2)6(9)11-13-12-7(8)10/h4H,1-2H2,3H3. The zero-order chi connectivity index (χ0) is 10.1. The van der Waals surface area contributed by atoms with Crippen LogP contribution in [0.2, 0.25) is 0 Å². The van der Waals surface area contributed by atoms with E-state index in [0.717, 1.165) is 0 Å². The van der Waals surface area contributed by atoms with E-state index in [1.807, 2.05) is 0 Å². The minimum Gasteiger partial charge on any atom is -0.258 e. The van der Waals surface area contributed by atoms with Crippen LogP contribution < -0.4 is 0 Å². The Hall–Kier alpha value is -1.62. The molecule has 70 valence electrons. The van der Waals surface area contributed by atoms with E-state index in [9.17, 15) is 9.59 Å². The lowest BCUT2D eigenvalue weighted by molar-refractivity contribution is -0.456. The van der Waals surface area contributed by atoms with Crippen molar-refractivity contribution in [3.05, 3.63) is 24.8 Å². The third kappa shape index (κ3) is 1.33.